The third-order valence-corrected chi connectivity index (χ3v) is 7.64. The minimum atomic E-state index is -0.743. The fourth-order valence-electron chi connectivity index (χ4n) is 5.54. The molecule has 3 aromatic rings. The molecule has 4 N–H and O–H groups in total. The van der Waals surface area contributed by atoms with Crippen molar-refractivity contribution in [1.82, 2.24) is 16.0 Å². The Labute approximate surface area is 265 Å². The summed E-state index contributed by atoms with van der Waals surface area (Å²) in [5.41, 5.74) is 5.00. The number of alkyl carbamates (subject to hydrolysis) is 2. The Bertz CT molecular complexity index is 1400. The van der Waals surface area contributed by atoms with Gasteiger partial charge >= 0.3 is 12.2 Å². The number of carbonyl (C=O) groups is 3. The Kier molecular flexibility index (Phi) is 11.8. The molecule has 0 saturated carbocycles. The number of fused-ring (bicyclic) bond motifs is 3. The minimum Gasteiger partial charge on any atom is -0.508 e. The SMILES string of the molecule is CC(C)(C)OC(=O)NC(CCCc1cccc(O)c1)C(=O)NCCCCCNC(=O)OCC1c2ccccc2-c2ccccc21. The molecular weight excluding hydrogens is 570 g/mol. The van der Waals surface area contributed by atoms with Crippen LogP contribution in [-0.2, 0) is 20.7 Å². The third kappa shape index (κ3) is 10.3. The number of amides is 3. The lowest BCUT2D eigenvalue weighted by Gasteiger charge is -2.23. The van der Waals surface area contributed by atoms with Crippen molar-refractivity contribution >= 4 is 18.1 Å². The predicted molar refractivity (Wildman–Crippen MR) is 174 cm³/mol. The van der Waals surface area contributed by atoms with E-state index in [2.05, 4.69) is 40.2 Å². The number of hydrogen-bond acceptors (Lipinski definition) is 6. The van der Waals surface area contributed by atoms with Gasteiger partial charge in [-0.1, -0.05) is 60.7 Å². The number of unbranched alkanes of at least 4 members (excludes halogenated alkanes) is 2. The van der Waals surface area contributed by atoms with E-state index >= 15 is 0 Å². The van der Waals surface area contributed by atoms with Crippen molar-refractivity contribution in [3.63, 3.8) is 0 Å². The second kappa shape index (κ2) is 16.0. The summed E-state index contributed by atoms with van der Waals surface area (Å²) in [5, 5.41) is 18.1. The second-order valence-corrected chi connectivity index (χ2v) is 12.4. The smallest absolute Gasteiger partial charge is 0.408 e. The van der Waals surface area contributed by atoms with Crippen LogP contribution < -0.4 is 16.0 Å². The normalized spacial score (nSPS) is 12.9. The van der Waals surface area contributed by atoms with E-state index < -0.39 is 23.8 Å². The third-order valence-electron chi connectivity index (χ3n) is 7.64. The summed E-state index contributed by atoms with van der Waals surface area (Å²) < 4.78 is 10.9. The van der Waals surface area contributed by atoms with Gasteiger partial charge in [-0.15, -0.1) is 0 Å². The lowest BCUT2D eigenvalue weighted by atomic mass is 9.98. The van der Waals surface area contributed by atoms with Crippen LogP contribution in [0.15, 0.2) is 72.8 Å². The standard InChI is InChI=1S/C36H45N3O6/c1-36(2,3)45-35(43)39-32(20-12-14-25-13-11-15-26(40)23-25)33(41)37-21-9-4-10-22-38-34(42)44-24-31-29-18-7-5-16-27(29)28-17-6-8-19-30(28)31/h5-8,11,13,15-19,23,31-32,40H,4,9-10,12,14,20-22,24H2,1-3H3,(H,37,41)(H,38,42)(H,39,43). The van der Waals surface area contributed by atoms with E-state index in [1.54, 1.807) is 39.0 Å². The Balaban J connectivity index is 1.14. The average molecular weight is 616 g/mol. The largest absolute Gasteiger partial charge is 0.508 e. The van der Waals surface area contributed by atoms with Gasteiger partial charge in [0.25, 0.3) is 0 Å². The van der Waals surface area contributed by atoms with Crippen LogP contribution >= 0.6 is 0 Å². The number of phenols is 1. The topological polar surface area (TPSA) is 126 Å². The van der Waals surface area contributed by atoms with Gasteiger partial charge < -0.3 is 30.5 Å². The summed E-state index contributed by atoms with van der Waals surface area (Å²) in [6, 6.07) is 22.7. The maximum atomic E-state index is 13.0. The first-order chi connectivity index (χ1) is 21.6. The van der Waals surface area contributed by atoms with Gasteiger partial charge in [0.2, 0.25) is 5.91 Å². The molecule has 1 atom stereocenters. The lowest BCUT2D eigenvalue weighted by Crippen LogP contribution is -2.48. The number of carbonyl (C=O) groups excluding carboxylic acids is 3. The van der Waals surface area contributed by atoms with Gasteiger partial charge in [-0.05, 0) is 99.2 Å². The highest BCUT2D eigenvalue weighted by Crippen LogP contribution is 2.44. The molecule has 9 heteroatoms. The highest BCUT2D eigenvalue weighted by atomic mass is 16.6. The highest BCUT2D eigenvalue weighted by molar-refractivity contribution is 5.85. The predicted octanol–water partition coefficient (Wildman–Crippen LogP) is 6.43. The molecule has 0 spiro atoms. The molecular formula is C36H45N3O6. The zero-order chi connectivity index (χ0) is 32.2. The van der Waals surface area contributed by atoms with Crippen LogP contribution in [0, 0.1) is 0 Å². The monoisotopic (exact) mass is 615 g/mol. The number of rotatable bonds is 14. The lowest BCUT2D eigenvalue weighted by molar-refractivity contribution is -0.123. The van der Waals surface area contributed by atoms with E-state index in [1.165, 1.54) is 22.3 Å². The molecule has 0 radical (unpaired) electrons. The average Bonchev–Trinajstić information content (AvgIpc) is 3.31. The van der Waals surface area contributed by atoms with Crippen molar-refractivity contribution in [3.05, 3.63) is 89.5 Å². The first kappa shape index (κ1) is 33.4. The maximum Gasteiger partial charge on any atom is 0.408 e. The summed E-state index contributed by atoms with van der Waals surface area (Å²) in [4.78, 5) is 37.8. The molecule has 45 heavy (non-hydrogen) atoms. The molecule has 0 aromatic heterocycles. The van der Waals surface area contributed by atoms with Gasteiger partial charge in [0, 0.05) is 19.0 Å². The van der Waals surface area contributed by atoms with Gasteiger partial charge in [-0.25, -0.2) is 9.59 Å². The molecule has 0 fully saturated rings. The zero-order valence-electron chi connectivity index (χ0n) is 26.4. The van der Waals surface area contributed by atoms with Gasteiger partial charge in [0.05, 0.1) is 0 Å². The Hall–Kier alpha value is -4.53. The molecule has 1 aliphatic carbocycles. The molecule has 0 heterocycles. The summed E-state index contributed by atoms with van der Waals surface area (Å²) in [5.74, 6) is -0.0529. The van der Waals surface area contributed by atoms with Crippen LogP contribution in [0.2, 0.25) is 0 Å². The van der Waals surface area contributed by atoms with E-state index in [0.717, 1.165) is 24.8 Å². The highest BCUT2D eigenvalue weighted by Gasteiger charge is 2.29. The first-order valence-electron chi connectivity index (χ1n) is 15.7. The zero-order valence-corrected chi connectivity index (χ0v) is 26.4. The van der Waals surface area contributed by atoms with E-state index in [9.17, 15) is 19.5 Å². The number of aryl methyl sites for hydroxylation is 1. The van der Waals surface area contributed by atoms with Crippen molar-refractivity contribution in [2.24, 2.45) is 0 Å². The molecule has 1 unspecified atom stereocenters. The maximum absolute atomic E-state index is 13.0. The van der Waals surface area contributed by atoms with Crippen LogP contribution in [0.25, 0.3) is 11.1 Å². The second-order valence-electron chi connectivity index (χ2n) is 12.4. The van der Waals surface area contributed by atoms with Crippen LogP contribution in [0.1, 0.15) is 75.5 Å². The van der Waals surface area contributed by atoms with Crippen LogP contribution in [-0.4, -0.2) is 54.5 Å². The number of nitrogens with one attached hydrogen (secondary N) is 3. The van der Waals surface area contributed by atoms with Crippen LogP contribution in [0.3, 0.4) is 0 Å². The molecule has 240 valence electrons. The van der Waals surface area contributed by atoms with Crippen molar-refractivity contribution in [2.75, 3.05) is 19.7 Å². The van der Waals surface area contributed by atoms with Crippen molar-refractivity contribution in [3.8, 4) is 16.9 Å². The van der Waals surface area contributed by atoms with Crippen LogP contribution in [0.5, 0.6) is 5.75 Å². The summed E-state index contributed by atoms with van der Waals surface area (Å²) in [7, 11) is 0. The molecule has 3 aromatic carbocycles. The fourth-order valence-corrected chi connectivity index (χ4v) is 5.54. The van der Waals surface area contributed by atoms with Gasteiger partial charge in [-0.3, -0.25) is 4.79 Å². The number of hydrogen-bond donors (Lipinski definition) is 4. The Morgan fingerprint density at radius 1 is 0.800 bits per heavy atom. The van der Waals surface area contributed by atoms with Crippen LogP contribution in [0.4, 0.5) is 9.59 Å². The molecule has 3 amide bonds. The van der Waals surface area contributed by atoms with E-state index in [0.29, 0.717) is 32.4 Å². The van der Waals surface area contributed by atoms with Gasteiger partial charge in [0.1, 0.15) is 24.0 Å². The first-order valence-corrected chi connectivity index (χ1v) is 15.7. The quantitative estimate of drug-likeness (QED) is 0.155. The molecule has 0 saturated heterocycles. The van der Waals surface area contributed by atoms with Gasteiger partial charge in [-0.2, -0.15) is 0 Å². The molecule has 0 bridgehead atoms. The summed E-state index contributed by atoms with van der Waals surface area (Å²) in [6.07, 6.45) is 2.90. The minimum absolute atomic E-state index is 0.0205. The molecule has 9 nitrogen and oxygen atoms in total. The van der Waals surface area contributed by atoms with E-state index in [1.807, 2.05) is 30.3 Å². The van der Waals surface area contributed by atoms with Crippen molar-refractivity contribution < 1.29 is 29.0 Å². The summed E-state index contributed by atoms with van der Waals surface area (Å²) >= 11 is 0. The summed E-state index contributed by atoms with van der Waals surface area (Å²) in [6.45, 7) is 6.51. The van der Waals surface area contributed by atoms with Crippen molar-refractivity contribution in [2.45, 2.75) is 76.9 Å². The fraction of sp³-hybridized carbons (Fsp3) is 0.417. The van der Waals surface area contributed by atoms with E-state index in [4.69, 9.17) is 9.47 Å². The molecule has 0 aliphatic heterocycles. The molecule has 4 rings (SSSR count). The number of ether oxygens (including phenoxy) is 2. The molecule has 1 aliphatic rings. The van der Waals surface area contributed by atoms with Gasteiger partial charge in [0.15, 0.2) is 0 Å². The van der Waals surface area contributed by atoms with E-state index in [-0.39, 0.29) is 24.2 Å². The Morgan fingerprint density at radius 2 is 1.44 bits per heavy atom. The number of aromatic hydroxyl groups is 1. The number of phenolic OH excluding ortho intramolecular Hbond substituents is 1. The Morgan fingerprint density at radius 3 is 2.09 bits per heavy atom. The number of benzene rings is 3. The van der Waals surface area contributed by atoms with Crippen molar-refractivity contribution in [1.29, 1.82) is 0 Å².